The minimum atomic E-state index is 0.872. The number of nitrogen functional groups attached to an aromatic ring is 1. The van der Waals surface area contributed by atoms with Gasteiger partial charge in [-0.1, -0.05) is 6.07 Å². The van der Waals surface area contributed by atoms with E-state index in [9.17, 15) is 0 Å². The fourth-order valence-electron chi connectivity index (χ4n) is 1.37. The van der Waals surface area contributed by atoms with Crippen LogP contribution in [0.4, 0.5) is 5.69 Å². The molecule has 1 nitrogen and oxygen atoms in total. The lowest BCUT2D eigenvalue weighted by Gasteiger charge is -2.06. The molecule has 0 aliphatic carbocycles. The summed E-state index contributed by atoms with van der Waals surface area (Å²) < 4.78 is 1.19. The van der Waals surface area contributed by atoms with E-state index >= 15 is 0 Å². The molecule has 4 heteroatoms. The Hall–Kier alpha value is -0.450. The van der Waals surface area contributed by atoms with E-state index in [0.29, 0.717) is 0 Å². The zero-order chi connectivity index (χ0) is 11.5. The summed E-state index contributed by atoms with van der Waals surface area (Å²) in [6, 6.07) is 8.24. The van der Waals surface area contributed by atoms with Crippen LogP contribution < -0.4 is 5.73 Å². The summed E-state index contributed by atoms with van der Waals surface area (Å²) in [4.78, 5) is 1.27. The van der Waals surface area contributed by atoms with Crippen molar-refractivity contribution in [3.8, 4) is 0 Å². The third-order valence-corrected chi connectivity index (χ3v) is 5.13. The lowest BCUT2D eigenvalue weighted by atomic mass is 10.2. The third kappa shape index (κ3) is 2.81. The fraction of sp³-hybridized carbons (Fsp3) is 0.167. The molecule has 0 amide bonds. The minimum Gasteiger partial charge on any atom is -0.398 e. The third-order valence-electron chi connectivity index (χ3n) is 2.34. The van der Waals surface area contributed by atoms with Crippen LogP contribution in [0, 0.1) is 6.92 Å². The van der Waals surface area contributed by atoms with E-state index in [4.69, 9.17) is 5.73 Å². The molecular weight excluding hydrogens is 302 g/mol. The van der Waals surface area contributed by atoms with Crippen LogP contribution in [-0.2, 0) is 5.75 Å². The van der Waals surface area contributed by atoms with Crippen LogP contribution in [0.2, 0.25) is 0 Å². The Labute approximate surface area is 112 Å². The molecular formula is C12H12BrNS2. The Bertz CT molecular complexity index is 494. The van der Waals surface area contributed by atoms with E-state index in [1.165, 1.54) is 19.8 Å². The molecule has 1 heterocycles. The number of anilines is 1. The Morgan fingerprint density at radius 1 is 1.44 bits per heavy atom. The molecule has 0 saturated heterocycles. The van der Waals surface area contributed by atoms with Crippen molar-refractivity contribution < 1.29 is 0 Å². The van der Waals surface area contributed by atoms with Crippen LogP contribution >= 0.6 is 39.0 Å². The maximum atomic E-state index is 5.87. The average molecular weight is 314 g/mol. The maximum Gasteiger partial charge on any atom is 0.0701 e. The van der Waals surface area contributed by atoms with Crippen LogP contribution in [0.25, 0.3) is 0 Å². The molecule has 0 unspecified atom stereocenters. The normalized spacial score (nSPS) is 10.6. The number of nitrogens with two attached hydrogens (primary N) is 1. The number of halogens is 1. The lowest BCUT2D eigenvalue weighted by Crippen LogP contribution is -1.90. The second kappa shape index (κ2) is 5.25. The van der Waals surface area contributed by atoms with Gasteiger partial charge in [-0.15, -0.1) is 23.1 Å². The first-order chi connectivity index (χ1) is 7.66. The Kier molecular flexibility index (Phi) is 3.95. The largest absolute Gasteiger partial charge is 0.398 e. The van der Waals surface area contributed by atoms with Gasteiger partial charge in [-0.25, -0.2) is 0 Å². The van der Waals surface area contributed by atoms with Crippen LogP contribution in [0.15, 0.2) is 38.3 Å². The molecule has 1 aromatic carbocycles. The second-order valence-corrected chi connectivity index (χ2v) is 6.83. The standard InChI is InChI=1S/C12H12BrNS2/c1-8-10(14)3-2-4-11(8)15-6-9-5-12(13)16-7-9/h2-5,7H,6,14H2,1H3. The van der Waals surface area contributed by atoms with Crippen LogP contribution in [-0.4, -0.2) is 0 Å². The van der Waals surface area contributed by atoms with E-state index in [0.717, 1.165) is 11.4 Å². The summed E-state index contributed by atoms with van der Waals surface area (Å²) in [5.74, 6) is 0.992. The molecule has 0 saturated carbocycles. The van der Waals surface area contributed by atoms with Crippen molar-refractivity contribution in [1.29, 1.82) is 0 Å². The zero-order valence-corrected chi connectivity index (χ0v) is 12.1. The molecule has 0 radical (unpaired) electrons. The summed E-state index contributed by atoms with van der Waals surface area (Å²) in [6.07, 6.45) is 0. The van der Waals surface area contributed by atoms with Gasteiger partial charge >= 0.3 is 0 Å². The SMILES string of the molecule is Cc1c(N)cccc1SCc1csc(Br)c1. The molecule has 84 valence electrons. The Morgan fingerprint density at radius 3 is 2.94 bits per heavy atom. The van der Waals surface area contributed by atoms with Gasteiger partial charge in [-0.2, -0.15) is 0 Å². The molecule has 2 aromatic rings. The van der Waals surface area contributed by atoms with Crippen molar-refractivity contribution >= 4 is 44.7 Å². The minimum absolute atomic E-state index is 0.872. The number of rotatable bonds is 3. The summed E-state index contributed by atoms with van der Waals surface area (Å²) in [6.45, 7) is 2.07. The van der Waals surface area contributed by atoms with Crippen LogP contribution in [0.5, 0.6) is 0 Å². The number of thioether (sulfide) groups is 1. The van der Waals surface area contributed by atoms with Gasteiger partial charge < -0.3 is 5.73 Å². The smallest absolute Gasteiger partial charge is 0.0701 e. The monoisotopic (exact) mass is 313 g/mol. The molecule has 2 N–H and O–H groups in total. The number of hydrogen-bond donors (Lipinski definition) is 1. The topological polar surface area (TPSA) is 26.0 Å². The first kappa shape index (κ1) is 12.0. The number of thiophene rings is 1. The van der Waals surface area contributed by atoms with Crippen molar-refractivity contribution in [3.05, 3.63) is 44.6 Å². The van der Waals surface area contributed by atoms with Crippen LogP contribution in [0.1, 0.15) is 11.1 Å². The summed E-state index contributed by atoms with van der Waals surface area (Å²) in [5.41, 5.74) is 9.28. The highest BCUT2D eigenvalue weighted by Crippen LogP contribution is 2.31. The number of benzene rings is 1. The van der Waals surface area contributed by atoms with E-state index in [1.807, 2.05) is 23.9 Å². The maximum absolute atomic E-state index is 5.87. The van der Waals surface area contributed by atoms with Gasteiger partial charge in [-0.05, 0) is 57.6 Å². The summed E-state index contributed by atoms with van der Waals surface area (Å²) in [7, 11) is 0. The molecule has 0 aliphatic heterocycles. The van der Waals surface area contributed by atoms with Gasteiger partial charge in [0.2, 0.25) is 0 Å². The predicted octanol–water partition coefficient (Wildman–Crippen LogP) is 4.69. The van der Waals surface area contributed by atoms with E-state index < -0.39 is 0 Å². The average Bonchev–Trinajstić information content (AvgIpc) is 2.67. The quantitative estimate of drug-likeness (QED) is 0.657. The Balaban J connectivity index is 2.07. The highest BCUT2D eigenvalue weighted by molar-refractivity contribution is 9.11. The van der Waals surface area contributed by atoms with Gasteiger partial charge in [0.1, 0.15) is 0 Å². The molecule has 0 aliphatic rings. The first-order valence-electron chi connectivity index (χ1n) is 4.87. The molecule has 16 heavy (non-hydrogen) atoms. The van der Waals surface area contributed by atoms with Crippen molar-refractivity contribution in [2.75, 3.05) is 5.73 Å². The first-order valence-corrected chi connectivity index (χ1v) is 7.53. The lowest BCUT2D eigenvalue weighted by molar-refractivity contribution is 1.30. The fourth-order valence-corrected chi connectivity index (χ4v) is 3.68. The van der Waals surface area contributed by atoms with Crippen molar-refractivity contribution in [1.82, 2.24) is 0 Å². The molecule has 2 rings (SSSR count). The van der Waals surface area contributed by atoms with E-state index in [2.05, 4.69) is 40.4 Å². The van der Waals surface area contributed by atoms with Gasteiger partial charge in [0.15, 0.2) is 0 Å². The summed E-state index contributed by atoms with van der Waals surface area (Å²) in [5, 5.41) is 2.18. The highest BCUT2D eigenvalue weighted by atomic mass is 79.9. The van der Waals surface area contributed by atoms with Gasteiger partial charge in [0.25, 0.3) is 0 Å². The van der Waals surface area contributed by atoms with Gasteiger partial charge in [-0.3, -0.25) is 0 Å². The van der Waals surface area contributed by atoms with Crippen molar-refractivity contribution in [3.63, 3.8) is 0 Å². The zero-order valence-electron chi connectivity index (χ0n) is 8.87. The number of hydrogen-bond acceptors (Lipinski definition) is 3. The molecule has 1 aromatic heterocycles. The van der Waals surface area contributed by atoms with Crippen molar-refractivity contribution in [2.45, 2.75) is 17.6 Å². The van der Waals surface area contributed by atoms with Gasteiger partial charge in [0.05, 0.1) is 3.79 Å². The predicted molar refractivity (Wildman–Crippen MR) is 77.2 cm³/mol. The molecule has 0 bridgehead atoms. The van der Waals surface area contributed by atoms with E-state index in [-0.39, 0.29) is 0 Å². The van der Waals surface area contributed by atoms with Crippen LogP contribution in [0.3, 0.4) is 0 Å². The van der Waals surface area contributed by atoms with E-state index in [1.54, 1.807) is 11.3 Å². The summed E-state index contributed by atoms with van der Waals surface area (Å²) >= 11 is 7.03. The second-order valence-electron chi connectivity index (χ2n) is 3.52. The molecule has 0 fully saturated rings. The Morgan fingerprint density at radius 2 is 2.25 bits per heavy atom. The molecule has 0 spiro atoms. The molecule has 0 atom stereocenters. The van der Waals surface area contributed by atoms with Gasteiger partial charge in [0, 0.05) is 16.3 Å². The highest BCUT2D eigenvalue weighted by Gasteiger charge is 2.03. The van der Waals surface area contributed by atoms with Crippen molar-refractivity contribution in [2.24, 2.45) is 0 Å².